The Kier molecular flexibility index (Phi) is 4.39. The Morgan fingerprint density at radius 3 is 1.75 bits per heavy atom. The van der Waals surface area contributed by atoms with Gasteiger partial charge in [-0.15, -0.1) is 4.48 Å². The maximum Gasteiger partial charge on any atom is 0.673 e. The molecule has 1 nitrogen and oxygen atoms in total. The van der Waals surface area contributed by atoms with E-state index in [9.17, 15) is 21.7 Å². The second-order valence-corrected chi connectivity index (χ2v) is 1.85. The molecule has 0 aromatic carbocycles. The zero-order chi connectivity index (χ0) is 9.61. The molecule has 0 atom stereocenters. The predicted octanol–water partition coefficient (Wildman–Crippen LogP) is 2.56. The summed E-state index contributed by atoms with van der Waals surface area (Å²) in [6, 6.07) is 0. The van der Waals surface area contributed by atoms with E-state index in [1.54, 1.807) is 12.2 Å². The van der Waals surface area contributed by atoms with Crippen molar-refractivity contribution < 1.29 is 21.7 Å². The van der Waals surface area contributed by atoms with Gasteiger partial charge in [-0.3, -0.25) is 0 Å². The first-order valence-corrected chi connectivity index (χ1v) is 3.02. The van der Waals surface area contributed by atoms with E-state index >= 15 is 0 Å². The van der Waals surface area contributed by atoms with Crippen molar-refractivity contribution in [3.05, 3.63) is 24.4 Å². The minimum absolute atomic E-state index is 0.385. The Bertz CT molecular complexity index is 169. The van der Waals surface area contributed by atoms with Crippen molar-refractivity contribution >= 4 is 7.25 Å². The topological polar surface area (TPSA) is 3.24 Å². The first kappa shape index (κ1) is 11.0. The van der Waals surface area contributed by atoms with Crippen molar-refractivity contribution in [1.82, 2.24) is 5.12 Å². The van der Waals surface area contributed by atoms with E-state index in [1.807, 2.05) is 6.08 Å². The third-order valence-corrected chi connectivity index (χ3v) is 0.775. The average Bonchev–Trinajstić information content (AvgIpc) is 1.85. The monoisotopic (exact) mass is 186 g/mol. The zero-order valence-electron chi connectivity index (χ0n) is 5.93. The first-order valence-electron chi connectivity index (χ1n) is 3.02. The van der Waals surface area contributed by atoms with E-state index in [4.69, 9.17) is 0 Å². The van der Waals surface area contributed by atoms with Gasteiger partial charge in [0.1, 0.15) is 0 Å². The fourth-order valence-electron chi connectivity index (χ4n) is 0.444. The maximum atomic E-state index is 11.9. The van der Waals surface area contributed by atoms with Crippen LogP contribution in [0.1, 0.15) is 0 Å². The van der Waals surface area contributed by atoms with Crippen LogP contribution in [0.2, 0.25) is 0 Å². The van der Waals surface area contributed by atoms with Gasteiger partial charge in [-0.05, 0) is 6.08 Å². The smallest absolute Gasteiger partial charge is 0.418 e. The normalized spacial score (nSPS) is 15.6. The molecule has 70 valence electrons. The van der Waals surface area contributed by atoms with Gasteiger partial charge in [0.05, 0.1) is 6.54 Å². The number of nitrogens with zero attached hydrogens (tertiary/aromatic N) is 1. The summed E-state index contributed by atoms with van der Waals surface area (Å²) in [7, 11) is -6.00. The fourth-order valence-corrected chi connectivity index (χ4v) is 0.444. The molecule has 0 unspecified atom stereocenters. The van der Waals surface area contributed by atoms with Crippen LogP contribution >= 0.6 is 0 Å². The molecular formula is C5H6BF5N-. The molecule has 0 saturated carbocycles. The number of hydrogen-bond donors (Lipinski definition) is 0. The highest BCUT2D eigenvalue weighted by Gasteiger charge is 2.20. The number of allylic oxidation sites excluding steroid dienone is 2. The van der Waals surface area contributed by atoms with Gasteiger partial charge in [0.15, 0.2) is 0 Å². The van der Waals surface area contributed by atoms with Crippen molar-refractivity contribution in [3.8, 4) is 0 Å². The molecular weight excluding hydrogens is 180 g/mol. The van der Waals surface area contributed by atoms with Crippen molar-refractivity contribution in [2.24, 2.45) is 0 Å². The van der Waals surface area contributed by atoms with Crippen LogP contribution in [0.25, 0.3) is 0 Å². The standard InChI is InChI=1S/C5H6FN.BF4/c6-7-4-2-1-3-5-7;2-1(3,4)5/h1-4H,5H2;/q;-1. The van der Waals surface area contributed by atoms with Crippen LogP contribution in [0.5, 0.6) is 0 Å². The molecule has 0 fully saturated rings. The van der Waals surface area contributed by atoms with Crippen LogP contribution in [-0.2, 0) is 0 Å². The van der Waals surface area contributed by atoms with Gasteiger partial charge in [0, 0.05) is 6.20 Å². The molecule has 1 aliphatic rings. The summed E-state index contributed by atoms with van der Waals surface area (Å²) in [5.41, 5.74) is 0. The van der Waals surface area contributed by atoms with E-state index in [0.717, 1.165) is 0 Å². The van der Waals surface area contributed by atoms with Gasteiger partial charge in [-0.2, -0.15) is 0 Å². The highest BCUT2D eigenvalue weighted by molar-refractivity contribution is 6.50. The second kappa shape index (κ2) is 4.79. The predicted molar refractivity (Wildman–Crippen MR) is 36.3 cm³/mol. The van der Waals surface area contributed by atoms with Crippen LogP contribution in [0.15, 0.2) is 24.4 Å². The lowest BCUT2D eigenvalue weighted by molar-refractivity contribution is 0.105. The molecule has 0 saturated heterocycles. The summed E-state index contributed by atoms with van der Waals surface area (Å²) in [6.07, 6.45) is 6.61. The number of hydrogen-bond acceptors (Lipinski definition) is 1. The lowest BCUT2D eigenvalue weighted by Gasteiger charge is -2.05. The molecule has 0 radical (unpaired) electrons. The van der Waals surface area contributed by atoms with Crippen LogP contribution in [0.3, 0.4) is 0 Å². The second-order valence-electron chi connectivity index (χ2n) is 1.85. The fraction of sp³-hybridized carbons (Fsp3) is 0.200. The summed E-state index contributed by atoms with van der Waals surface area (Å²) in [5.74, 6) is 0. The lowest BCUT2D eigenvalue weighted by Crippen LogP contribution is -2.05. The van der Waals surface area contributed by atoms with E-state index in [0.29, 0.717) is 11.7 Å². The molecule has 1 rings (SSSR count). The molecule has 0 aromatic heterocycles. The van der Waals surface area contributed by atoms with E-state index in [1.165, 1.54) is 6.20 Å². The van der Waals surface area contributed by atoms with Crippen LogP contribution in [0, 0.1) is 0 Å². The molecule has 0 N–H and O–H groups in total. The van der Waals surface area contributed by atoms with Crippen molar-refractivity contribution in [2.45, 2.75) is 0 Å². The largest absolute Gasteiger partial charge is 0.673 e. The van der Waals surface area contributed by atoms with Crippen molar-refractivity contribution in [3.63, 3.8) is 0 Å². The summed E-state index contributed by atoms with van der Waals surface area (Å²) in [6.45, 7) is 0.385. The van der Waals surface area contributed by atoms with E-state index in [2.05, 4.69) is 0 Å². The zero-order valence-corrected chi connectivity index (χ0v) is 5.93. The van der Waals surface area contributed by atoms with Gasteiger partial charge < -0.3 is 17.3 Å². The van der Waals surface area contributed by atoms with Crippen LogP contribution in [-0.4, -0.2) is 18.9 Å². The van der Waals surface area contributed by atoms with E-state index in [-0.39, 0.29) is 0 Å². The molecule has 0 aliphatic carbocycles. The Balaban J connectivity index is 0.000000217. The lowest BCUT2D eigenvalue weighted by atomic mass is 10.3. The SMILES string of the molecule is FN1C=CC=CC1.F[B-](F)(F)F. The third kappa shape index (κ3) is 11.8. The number of halogens is 5. The highest BCUT2D eigenvalue weighted by Crippen LogP contribution is 2.06. The van der Waals surface area contributed by atoms with Gasteiger partial charge in [0.25, 0.3) is 0 Å². The quantitative estimate of drug-likeness (QED) is 0.319. The Hall–Kier alpha value is -1.01. The summed E-state index contributed by atoms with van der Waals surface area (Å²) >= 11 is 0. The minimum atomic E-state index is -6.00. The molecule has 0 bridgehead atoms. The van der Waals surface area contributed by atoms with Gasteiger partial charge in [0.2, 0.25) is 0 Å². The molecule has 0 aromatic rings. The minimum Gasteiger partial charge on any atom is -0.418 e. The maximum absolute atomic E-state index is 11.9. The number of rotatable bonds is 0. The summed E-state index contributed by atoms with van der Waals surface area (Å²) in [4.78, 5) is 0. The van der Waals surface area contributed by atoms with Crippen molar-refractivity contribution in [2.75, 3.05) is 6.54 Å². The molecule has 7 heteroatoms. The first-order chi connectivity index (χ1) is 5.39. The van der Waals surface area contributed by atoms with Gasteiger partial charge in [-0.1, -0.05) is 12.2 Å². The Morgan fingerprint density at radius 1 is 1.08 bits per heavy atom. The van der Waals surface area contributed by atoms with Crippen LogP contribution < -0.4 is 0 Å². The summed E-state index contributed by atoms with van der Waals surface area (Å²) < 4.78 is 50.9. The molecule has 0 spiro atoms. The van der Waals surface area contributed by atoms with E-state index < -0.39 is 7.25 Å². The third-order valence-electron chi connectivity index (χ3n) is 0.775. The van der Waals surface area contributed by atoms with Gasteiger partial charge >= 0.3 is 7.25 Å². The molecule has 12 heavy (non-hydrogen) atoms. The van der Waals surface area contributed by atoms with Crippen molar-refractivity contribution in [1.29, 1.82) is 0 Å². The van der Waals surface area contributed by atoms with Gasteiger partial charge in [-0.25, -0.2) is 5.12 Å². The molecule has 1 heterocycles. The van der Waals surface area contributed by atoms with Crippen LogP contribution in [0.4, 0.5) is 21.7 Å². The Morgan fingerprint density at radius 2 is 1.58 bits per heavy atom. The average molecular weight is 186 g/mol. The Labute approximate surface area is 66.2 Å². The molecule has 0 amide bonds. The highest BCUT2D eigenvalue weighted by atomic mass is 19.5. The summed E-state index contributed by atoms with van der Waals surface area (Å²) in [5, 5.41) is 0.625. The molecule has 1 aliphatic heterocycles.